The first-order valence-electron chi connectivity index (χ1n) is 4.58. The SMILES string of the molecule is CCC(CO)NS(=O)(=O)C(C)C(=O)OC. The zero-order chi connectivity index (χ0) is 12.1. The number of methoxy groups -OCH3 is 1. The van der Waals surface area contributed by atoms with Crippen molar-refractivity contribution in [1.82, 2.24) is 4.72 Å². The van der Waals surface area contributed by atoms with Crippen LogP contribution in [0, 0.1) is 0 Å². The first-order chi connectivity index (χ1) is 6.88. The predicted octanol–water partition coefficient (Wildman–Crippen LogP) is -0.762. The van der Waals surface area contributed by atoms with Crippen LogP contribution in [0.5, 0.6) is 0 Å². The molecule has 0 amide bonds. The minimum absolute atomic E-state index is 0.302. The van der Waals surface area contributed by atoms with Gasteiger partial charge in [-0.1, -0.05) is 6.92 Å². The molecule has 0 aromatic carbocycles. The Morgan fingerprint density at radius 2 is 2.07 bits per heavy atom. The van der Waals surface area contributed by atoms with Crippen LogP contribution >= 0.6 is 0 Å². The lowest BCUT2D eigenvalue weighted by atomic mass is 10.3. The fourth-order valence-corrected chi connectivity index (χ4v) is 2.14. The third-order valence-electron chi connectivity index (χ3n) is 2.04. The highest BCUT2D eigenvalue weighted by atomic mass is 32.2. The summed E-state index contributed by atoms with van der Waals surface area (Å²) >= 11 is 0. The van der Waals surface area contributed by atoms with Crippen molar-refractivity contribution in [3.05, 3.63) is 0 Å². The van der Waals surface area contributed by atoms with E-state index in [4.69, 9.17) is 5.11 Å². The molecule has 7 heteroatoms. The van der Waals surface area contributed by atoms with Gasteiger partial charge in [0.05, 0.1) is 13.7 Å². The Hall–Kier alpha value is -0.660. The first-order valence-corrected chi connectivity index (χ1v) is 6.13. The number of hydrogen-bond acceptors (Lipinski definition) is 5. The van der Waals surface area contributed by atoms with E-state index in [9.17, 15) is 13.2 Å². The molecule has 0 saturated carbocycles. The average molecular weight is 239 g/mol. The molecule has 2 unspecified atom stereocenters. The Morgan fingerprint density at radius 3 is 2.40 bits per heavy atom. The van der Waals surface area contributed by atoms with Crippen molar-refractivity contribution in [2.45, 2.75) is 31.6 Å². The van der Waals surface area contributed by atoms with Crippen molar-refractivity contribution >= 4 is 16.0 Å². The molecule has 0 heterocycles. The molecule has 0 rings (SSSR count). The number of carbonyl (C=O) groups is 1. The quantitative estimate of drug-likeness (QED) is 0.594. The molecule has 15 heavy (non-hydrogen) atoms. The van der Waals surface area contributed by atoms with E-state index >= 15 is 0 Å². The number of nitrogens with one attached hydrogen (secondary N) is 1. The molecule has 0 saturated heterocycles. The van der Waals surface area contributed by atoms with Crippen molar-refractivity contribution < 1.29 is 23.1 Å². The van der Waals surface area contributed by atoms with Crippen LogP contribution < -0.4 is 4.72 Å². The molecule has 0 aliphatic rings. The number of esters is 1. The number of hydrogen-bond donors (Lipinski definition) is 2. The Labute approximate surface area is 89.7 Å². The molecule has 0 fully saturated rings. The summed E-state index contributed by atoms with van der Waals surface area (Å²) in [6, 6.07) is -0.567. The van der Waals surface area contributed by atoms with E-state index in [-0.39, 0.29) is 6.61 Å². The standard InChI is InChI=1S/C8H17NO5S/c1-4-7(5-10)9-15(12,13)6(2)8(11)14-3/h6-7,9-10H,4-5H2,1-3H3. The van der Waals surface area contributed by atoms with Gasteiger partial charge in [-0.15, -0.1) is 0 Å². The summed E-state index contributed by atoms with van der Waals surface area (Å²) < 4.78 is 29.6. The molecule has 2 atom stereocenters. The molecule has 0 bridgehead atoms. The maximum atomic E-state index is 11.5. The van der Waals surface area contributed by atoms with Crippen LogP contribution in [0.15, 0.2) is 0 Å². The molecule has 6 nitrogen and oxygen atoms in total. The zero-order valence-electron chi connectivity index (χ0n) is 9.06. The van der Waals surface area contributed by atoms with Gasteiger partial charge in [-0.25, -0.2) is 13.1 Å². The summed E-state index contributed by atoms with van der Waals surface area (Å²) in [6.45, 7) is 2.66. The average Bonchev–Trinajstić information content (AvgIpc) is 2.23. The second-order valence-electron chi connectivity index (χ2n) is 3.12. The molecular weight excluding hydrogens is 222 g/mol. The molecule has 0 aliphatic heterocycles. The molecule has 2 N–H and O–H groups in total. The van der Waals surface area contributed by atoms with Gasteiger partial charge in [-0.2, -0.15) is 0 Å². The van der Waals surface area contributed by atoms with E-state index in [1.165, 1.54) is 6.92 Å². The summed E-state index contributed by atoms with van der Waals surface area (Å²) in [4.78, 5) is 11.0. The van der Waals surface area contributed by atoms with Gasteiger partial charge in [0.15, 0.2) is 5.25 Å². The highest BCUT2D eigenvalue weighted by Gasteiger charge is 2.30. The molecule has 90 valence electrons. The maximum absolute atomic E-state index is 11.5. The third kappa shape index (κ3) is 4.15. The van der Waals surface area contributed by atoms with Gasteiger partial charge in [-0.3, -0.25) is 4.79 Å². The lowest BCUT2D eigenvalue weighted by molar-refractivity contribution is -0.139. The van der Waals surface area contributed by atoms with Gasteiger partial charge in [0.1, 0.15) is 0 Å². The van der Waals surface area contributed by atoms with Crippen LogP contribution in [0.25, 0.3) is 0 Å². The van der Waals surface area contributed by atoms with E-state index in [1.807, 2.05) is 0 Å². The van der Waals surface area contributed by atoms with E-state index in [1.54, 1.807) is 6.92 Å². The normalized spacial score (nSPS) is 15.7. The predicted molar refractivity (Wildman–Crippen MR) is 54.7 cm³/mol. The van der Waals surface area contributed by atoms with Crippen LogP contribution in [0.1, 0.15) is 20.3 Å². The van der Waals surface area contributed by atoms with Gasteiger partial charge >= 0.3 is 5.97 Å². The summed E-state index contributed by atoms with van der Waals surface area (Å²) in [7, 11) is -2.66. The van der Waals surface area contributed by atoms with Crippen LogP contribution in [0.3, 0.4) is 0 Å². The van der Waals surface area contributed by atoms with E-state index < -0.39 is 27.3 Å². The summed E-state index contributed by atoms with van der Waals surface area (Å²) in [5, 5.41) is 7.55. The molecule has 0 spiro atoms. The Balaban J connectivity index is 4.61. The van der Waals surface area contributed by atoms with Crippen LogP contribution in [-0.4, -0.2) is 44.5 Å². The minimum atomic E-state index is -3.78. The van der Waals surface area contributed by atoms with Crippen molar-refractivity contribution in [3.63, 3.8) is 0 Å². The molecule has 0 radical (unpaired) electrons. The number of sulfonamides is 1. The van der Waals surface area contributed by atoms with Gasteiger partial charge in [0.25, 0.3) is 0 Å². The van der Waals surface area contributed by atoms with Crippen LogP contribution in [-0.2, 0) is 19.6 Å². The smallest absolute Gasteiger partial charge is 0.325 e. The van der Waals surface area contributed by atoms with Crippen LogP contribution in [0.2, 0.25) is 0 Å². The van der Waals surface area contributed by atoms with Crippen molar-refractivity contribution in [2.24, 2.45) is 0 Å². The van der Waals surface area contributed by atoms with Crippen molar-refractivity contribution in [1.29, 1.82) is 0 Å². The summed E-state index contributed by atoms with van der Waals surface area (Å²) in [6.07, 6.45) is 0.448. The second kappa shape index (κ2) is 6.04. The minimum Gasteiger partial charge on any atom is -0.468 e. The molecular formula is C8H17NO5S. The van der Waals surface area contributed by atoms with Gasteiger partial charge in [-0.05, 0) is 13.3 Å². The highest BCUT2D eigenvalue weighted by molar-refractivity contribution is 7.90. The summed E-state index contributed by atoms with van der Waals surface area (Å²) in [5.41, 5.74) is 0. The first kappa shape index (κ1) is 14.3. The second-order valence-corrected chi connectivity index (χ2v) is 5.15. The van der Waals surface area contributed by atoms with E-state index in [0.29, 0.717) is 6.42 Å². The highest BCUT2D eigenvalue weighted by Crippen LogP contribution is 2.03. The molecule has 0 aromatic heterocycles. The molecule has 0 aliphatic carbocycles. The van der Waals surface area contributed by atoms with Crippen LogP contribution in [0.4, 0.5) is 0 Å². The Morgan fingerprint density at radius 1 is 1.53 bits per heavy atom. The number of carbonyl (C=O) groups excluding carboxylic acids is 1. The molecule has 0 aromatic rings. The van der Waals surface area contributed by atoms with Gasteiger partial charge < -0.3 is 9.84 Å². The van der Waals surface area contributed by atoms with E-state index in [2.05, 4.69) is 9.46 Å². The topological polar surface area (TPSA) is 92.7 Å². The van der Waals surface area contributed by atoms with Gasteiger partial charge in [0, 0.05) is 6.04 Å². The van der Waals surface area contributed by atoms with Gasteiger partial charge in [0.2, 0.25) is 10.0 Å². The lowest BCUT2D eigenvalue weighted by Crippen LogP contribution is -2.44. The number of aliphatic hydroxyl groups is 1. The number of rotatable bonds is 6. The van der Waals surface area contributed by atoms with Crippen molar-refractivity contribution in [3.8, 4) is 0 Å². The fraction of sp³-hybridized carbons (Fsp3) is 0.875. The Bertz CT molecular complexity index is 296. The largest absolute Gasteiger partial charge is 0.468 e. The summed E-state index contributed by atoms with van der Waals surface area (Å²) in [5.74, 6) is -0.824. The third-order valence-corrected chi connectivity index (χ3v) is 3.83. The number of aliphatic hydroxyl groups excluding tert-OH is 1. The van der Waals surface area contributed by atoms with E-state index in [0.717, 1.165) is 7.11 Å². The fourth-order valence-electron chi connectivity index (χ4n) is 0.877. The lowest BCUT2D eigenvalue weighted by Gasteiger charge is -2.17. The maximum Gasteiger partial charge on any atom is 0.325 e. The Kier molecular flexibility index (Phi) is 5.77. The number of ether oxygens (including phenoxy) is 1. The van der Waals surface area contributed by atoms with Crippen molar-refractivity contribution in [2.75, 3.05) is 13.7 Å². The monoisotopic (exact) mass is 239 g/mol. The zero-order valence-corrected chi connectivity index (χ0v) is 9.87.